The summed E-state index contributed by atoms with van der Waals surface area (Å²) in [6.45, 7) is 0.944. The van der Waals surface area contributed by atoms with Gasteiger partial charge in [0.2, 0.25) is 5.91 Å². The van der Waals surface area contributed by atoms with Crippen LogP contribution in [-0.2, 0) is 11.8 Å². The Kier molecular flexibility index (Phi) is 5.28. The lowest BCUT2D eigenvalue weighted by Gasteiger charge is -2.26. The monoisotopic (exact) mass is 340 g/mol. The SMILES string of the molecule is CN1CC[C@@H](NC(=O)CCC(=O)c2cnn(C)c2)[C@@H]1c1ccccc1. The molecule has 132 valence electrons. The molecule has 6 heteroatoms. The molecule has 2 aromatic rings. The molecule has 3 rings (SSSR count). The van der Waals surface area contributed by atoms with E-state index in [9.17, 15) is 9.59 Å². The lowest BCUT2D eigenvalue weighted by atomic mass is 10.00. The quantitative estimate of drug-likeness (QED) is 0.816. The molecule has 6 nitrogen and oxygen atoms in total. The van der Waals surface area contributed by atoms with E-state index < -0.39 is 0 Å². The fourth-order valence-corrected chi connectivity index (χ4v) is 3.45. The van der Waals surface area contributed by atoms with Gasteiger partial charge in [0.1, 0.15) is 0 Å². The van der Waals surface area contributed by atoms with E-state index in [-0.39, 0.29) is 36.6 Å². The van der Waals surface area contributed by atoms with Crippen LogP contribution in [0.5, 0.6) is 0 Å². The van der Waals surface area contributed by atoms with Crippen LogP contribution in [-0.4, -0.2) is 46.0 Å². The predicted octanol–water partition coefficient (Wildman–Crippen LogP) is 1.94. The maximum Gasteiger partial charge on any atom is 0.220 e. The van der Waals surface area contributed by atoms with Gasteiger partial charge < -0.3 is 5.32 Å². The summed E-state index contributed by atoms with van der Waals surface area (Å²) >= 11 is 0. The zero-order chi connectivity index (χ0) is 17.8. The number of ketones is 1. The molecule has 1 aromatic carbocycles. The first-order valence-electron chi connectivity index (χ1n) is 8.61. The Balaban J connectivity index is 1.56. The molecule has 1 fully saturated rings. The van der Waals surface area contributed by atoms with Crippen molar-refractivity contribution in [1.29, 1.82) is 0 Å². The first-order chi connectivity index (χ1) is 12.0. The minimum Gasteiger partial charge on any atom is -0.351 e. The molecule has 0 unspecified atom stereocenters. The Hall–Kier alpha value is -2.47. The fourth-order valence-electron chi connectivity index (χ4n) is 3.45. The molecule has 1 aromatic heterocycles. The van der Waals surface area contributed by atoms with Crippen LogP contribution in [0, 0.1) is 0 Å². The van der Waals surface area contributed by atoms with Crippen molar-refractivity contribution in [2.75, 3.05) is 13.6 Å². The highest BCUT2D eigenvalue weighted by Gasteiger charge is 2.33. The van der Waals surface area contributed by atoms with Gasteiger partial charge in [0.15, 0.2) is 5.78 Å². The number of carbonyl (C=O) groups excluding carboxylic acids is 2. The molecular formula is C19H24N4O2. The van der Waals surface area contributed by atoms with Gasteiger partial charge in [-0.05, 0) is 19.0 Å². The maximum absolute atomic E-state index is 12.3. The van der Waals surface area contributed by atoms with Gasteiger partial charge in [0.05, 0.1) is 17.8 Å². The summed E-state index contributed by atoms with van der Waals surface area (Å²) in [6, 6.07) is 10.5. The summed E-state index contributed by atoms with van der Waals surface area (Å²) in [7, 11) is 3.85. The van der Waals surface area contributed by atoms with Gasteiger partial charge in [0.25, 0.3) is 0 Å². The second-order valence-corrected chi connectivity index (χ2v) is 6.62. The molecule has 0 radical (unpaired) electrons. The van der Waals surface area contributed by atoms with Crippen LogP contribution in [0.4, 0.5) is 0 Å². The van der Waals surface area contributed by atoms with E-state index in [2.05, 4.69) is 34.5 Å². The van der Waals surface area contributed by atoms with E-state index >= 15 is 0 Å². The third-order valence-electron chi connectivity index (χ3n) is 4.74. The van der Waals surface area contributed by atoms with Crippen molar-refractivity contribution in [2.45, 2.75) is 31.3 Å². The Morgan fingerprint density at radius 3 is 2.64 bits per heavy atom. The predicted molar refractivity (Wildman–Crippen MR) is 95.1 cm³/mol. The van der Waals surface area contributed by atoms with Crippen LogP contribution in [0.25, 0.3) is 0 Å². The van der Waals surface area contributed by atoms with E-state index in [1.165, 1.54) is 11.8 Å². The minimum atomic E-state index is -0.0709. The molecule has 1 aliphatic rings. The smallest absolute Gasteiger partial charge is 0.220 e. The molecular weight excluding hydrogens is 316 g/mol. The van der Waals surface area contributed by atoms with Crippen molar-refractivity contribution in [3.8, 4) is 0 Å². The highest BCUT2D eigenvalue weighted by Crippen LogP contribution is 2.30. The van der Waals surface area contributed by atoms with Gasteiger partial charge >= 0.3 is 0 Å². The van der Waals surface area contributed by atoms with E-state index in [0.29, 0.717) is 5.56 Å². The third kappa shape index (κ3) is 4.14. The van der Waals surface area contributed by atoms with Crippen molar-refractivity contribution in [2.24, 2.45) is 7.05 Å². The highest BCUT2D eigenvalue weighted by atomic mass is 16.2. The largest absolute Gasteiger partial charge is 0.351 e. The van der Waals surface area contributed by atoms with Gasteiger partial charge in [-0.15, -0.1) is 0 Å². The molecule has 1 amide bonds. The first kappa shape index (κ1) is 17.4. The summed E-state index contributed by atoms with van der Waals surface area (Å²) < 4.78 is 1.59. The van der Waals surface area contributed by atoms with Gasteiger partial charge in [-0.25, -0.2) is 0 Å². The average molecular weight is 340 g/mol. The van der Waals surface area contributed by atoms with Gasteiger partial charge in [0, 0.05) is 38.7 Å². The lowest BCUT2D eigenvalue weighted by molar-refractivity contribution is -0.121. The Labute approximate surface area is 147 Å². The zero-order valence-corrected chi connectivity index (χ0v) is 14.7. The van der Waals surface area contributed by atoms with Crippen LogP contribution in [0.3, 0.4) is 0 Å². The van der Waals surface area contributed by atoms with Crippen LogP contribution >= 0.6 is 0 Å². The number of aryl methyl sites for hydroxylation is 1. The number of likely N-dealkylation sites (N-methyl/N-ethyl adjacent to an activating group) is 1. The topological polar surface area (TPSA) is 67.2 Å². The zero-order valence-electron chi connectivity index (χ0n) is 14.7. The number of Topliss-reactive ketones (excluding diaryl/α,β-unsaturated/α-hetero) is 1. The molecule has 0 bridgehead atoms. The number of hydrogen-bond donors (Lipinski definition) is 1. The summed E-state index contributed by atoms with van der Waals surface area (Å²) in [4.78, 5) is 26.7. The third-order valence-corrected chi connectivity index (χ3v) is 4.74. The summed E-state index contributed by atoms with van der Waals surface area (Å²) in [5.41, 5.74) is 1.76. The number of carbonyl (C=O) groups is 2. The van der Waals surface area contributed by atoms with Crippen molar-refractivity contribution in [3.63, 3.8) is 0 Å². The van der Waals surface area contributed by atoms with Crippen molar-refractivity contribution in [3.05, 3.63) is 53.9 Å². The average Bonchev–Trinajstić information content (AvgIpc) is 3.19. The Morgan fingerprint density at radius 2 is 1.96 bits per heavy atom. The molecule has 25 heavy (non-hydrogen) atoms. The molecule has 1 saturated heterocycles. The second-order valence-electron chi connectivity index (χ2n) is 6.62. The van der Waals surface area contributed by atoms with E-state index in [4.69, 9.17) is 0 Å². The molecule has 1 N–H and O–H groups in total. The van der Waals surface area contributed by atoms with Crippen molar-refractivity contribution in [1.82, 2.24) is 20.0 Å². The standard InChI is InChI=1S/C19H24N4O2/c1-22-11-10-16(19(22)14-6-4-3-5-7-14)21-18(25)9-8-17(24)15-12-20-23(2)13-15/h3-7,12-13,16,19H,8-11H2,1-2H3,(H,21,25)/t16-,19+/m1/s1. The van der Waals surface area contributed by atoms with Gasteiger partial charge in [-0.2, -0.15) is 5.10 Å². The fraction of sp³-hybridized carbons (Fsp3) is 0.421. The number of nitrogens with one attached hydrogen (secondary N) is 1. The Bertz CT molecular complexity index is 741. The van der Waals surface area contributed by atoms with Crippen molar-refractivity contribution < 1.29 is 9.59 Å². The van der Waals surface area contributed by atoms with Crippen LogP contribution in [0.1, 0.15) is 41.2 Å². The van der Waals surface area contributed by atoms with Crippen molar-refractivity contribution >= 4 is 11.7 Å². The normalized spacial score (nSPS) is 20.6. The number of hydrogen-bond acceptors (Lipinski definition) is 4. The highest BCUT2D eigenvalue weighted by molar-refractivity contribution is 5.97. The van der Waals surface area contributed by atoms with E-state index in [1.54, 1.807) is 17.9 Å². The molecule has 2 heterocycles. The lowest BCUT2D eigenvalue weighted by Crippen LogP contribution is -2.39. The Morgan fingerprint density at radius 1 is 1.20 bits per heavy atom. The summed E-state index contributed by atoms with van der Waals surface area (Å²) in [5.74, 6) is -0.120. The molecule has 2 atom stereocenters. The number of benzene rings is 1. The van der Waals surface area contributed by atoms with E-state index in [1.807, 2.05) is 18.2 Å². The first-order valence-corrected chi connectivity index (χ1v) is 8.61. The summed E-state index contributed by atoms with van der Waals surface area (Å²) in [6.07, 6.45) is 4.54. The molecule has 0 spiro atoms. The van der Waals surface area contributed by atoms with Crippen LogP contribution < -0.4 is 5.32 Å². The van der Waals surface area contributed by atoms with Gasteiger partial charge in [-0.1, -0.05) is 30.3 Å². The molecule has 0 aliphatic carbocycles. The maximum atomic E-state index is 12.3. The number of likely N-dealkylation sites (tertiary alicyclic amines) is 1. The molecule has 1 aliphatic heterocycles. The van der Waals surface area contributed by atoms with E-state index in [0.717, 1.165) is 13.0 Å². The van der Waals surface area contributed by atoms with Gasteiger partial charge in [-0.3, -0.25) is 19.2 Å². The number of nitrogens with zero attached hydrogens (tertiary/aromatic N) is 3. The summed E-state index contributed by atoms with van der Waals surface area (Å²) in [5, 5.41) is 7.11. The number of amides is 1. The van der Waals surface area contributed by atoms with Crippen LogP contribution in [0.15, 0.2) is 42.7 Å². The second kappa shape index (κ2) is 7.61. The number of rotatable bonds is 6. The molecule has 0 saturated carbocycles. The number of aromatic nitrogens is 2. The van der Waals surface area contributed by atoms with Crippen LogP contribution in [0.2, 0.25) is 0 Å². The minimum absolute atomic E-state index is 0.0496.